The zero-order valence-electron chi connectivity index (χ0n) is 13.3. The lowest BCUT2D eigenvalue weighted by Gasteiger charge is -2.12. The zero-order chi connectivity index (χ0) is 17.9. The van der Waals surface area contributed by atoms with Crippen molar-refractivity contribution in [3.63, 3.8) is 0 Å². The highest BCUT2D eigenvalue weighted by atomic mass is 35.7. The van der Waals surface area contributed by atoms with Crippen molar-refractivity contribution in [2.75, 3.05) is 7.11 Å². The van der Waals surface area contributed by atoms with Gasteiger partial charge in [0.2, 0.25) is 11.2 Å². The molecule has 1 heterocycles. The van der Waals surface area contributed by atoms with Gasteiger partial charge in [-0.25, -0.2) is 4.98 Å². The SMILES string of the molecule is CCc1cc([N+](=O)[O-])c([P+](=O)Cl)cc1Oc1ncc(C)cc1OC. The number of halogens is 1. The molecule has 0 spiro atoms. The third-order valence-corrected chi connectivity index (χ3v) is 4.59. The van der Waals surface area contributed by atoms with E-state index in [2.05, 4.69) is 4.98 Å². The predicted octanol–water partition coefficient (Wildman–Crippen LogP) is 4.27. The van der Waals surface area contributed by atoms with Crippen LogP contribution in [0.5, 0.6) is 17.4 Å². The van der Waals surface area contributed by atoms with E-state index in [-0.39, 0.29) is 16.9 Å². The van der Waals surface area contributed by atoms with E-state index in [9.17, 15) is 14.7 Å². The maximum absolute atomic E-state index is 11.7. The van der Waals surface area contributed by atoms with E-state index in [1.165, 1.54) is 19.2 Å². The number of nitrogens with zero attached hydrogens (tertiary/aromatic N) is 2. The molecule has 2 rings (SSSR count). The molecule has 0 radical (unpaired) electrons. The van der Waals surface area contributed by atoms with Gasteiger partial charge in [-0.3, -0.25) is 10.1 Å². The molecule has 2 aromatic rings. The highest BCUT2D eigenvalue weighted by molar-refractivity contribution is 7.80. The fraction of sp³-hybridized carbons (Fsp3) is 0.267. The number of nitro groups is 1. The quantitative estimate of drug-likeness (QED) is 0.429. The van der Waals surface area contributed by atoms with Gasteiger partial charge in [0.25, 0.3) is 11.2 Å². The molecule has 0 saturated carbocycles. The number of aromatic nitrogens is 1. The first-order valence-electron chi connectivity index (χ1n) is 7.00. The normalized spacial score (nSPS) is 11.1. The maximum Gasteiger partial charge on any atom is 0.501 e. The molecule has 0 bridgehead atoms. The minimum atomic E-state index is -2.42. The van der Waals surface area contributed by atoms with E-state index in [0.29, 0.717) is 23.5 Å². The molecular formula is C15H15ClN2O5P+. The van der Waals surface area contributed by atoms with Crippen molar-refractivity contribution in [2.45, 2.75) is 20.3 Å². The van der Waals surface area contributed by atoms with Gasteiger partial charge >= 0.3 is 12.8 Å². The van der Waals surface area contributed by atoms with E-state index in [1.54, 1.807) is 12.3 Å². The molecule has 1 unspecified atom stereocenters. The summed E-state index contributed by atoms with van der Waals surface area (Å²) in [6, 6.07) is 4.40. The smallest absolute Gasteiger partial charge is 0.491 e. The number of hydrogen-bond donors (Lipinski definition) is 0. The van der Waals surface area contributed by atoms with Crippen LogP contribution in [-0.2, 0) is 11.0 Å². The van der Waals surface area contributed by atoms with Crippen LogP contribution in [0.1, 0.15) is 18.1 Å². The van der Waals surface area contributed by atoms with Crippen molar-refractivity contribution < 1.29 is 19.0 Å². The number of hydrogen-bond acceptors (Lipinski definition) is 6. The Morgan fingerprint density at radius 1 is 1.33 bits per heavy atom. The molecule has 1 atom stereocenters. The van der Waals surface area contributed by atoms with Gasteiger partial charge in [0.05, 0.1) is 12.0 Å². The van der Waals surface area contributed by atoms with Crippen LogP contribution < -0.4 is 14.8 Å². The van der Waals surface area contributed by atoms with Gasteiger partial charge in [0, 0.05) is 23.9 Å². The van der Waals surface area contributed by atoms with Gasteiger partial charge in [-0.2, -0.15) is 0 Å². The second kappa shape index (κ2) is 7.55. The van der Waals surface area contributed by atoms with Gasteiger partial charge in [0.15, 0.2) is 5.75 Å². The number of nitro benzene ring substituents is 1. The lowest BCUT2D eigenvalue weighted by atomic mass is 10.1. The van der Waals surface area contributed by atoms with E-state index < -0.39 is 12.1 Å². The second-order valence-electron chi connectivity index (χ2n) is 4.93. The summed E-state index contributed by atoms with van der Waals surface area (Å²) in [6.45, 7) is 3.69. The molecule has 0 saturated heterocycles. The Bertz CT molecular complexity index is 813. The fourth-order valence-corrected chi connectivity index (χ4v) is 3.07. The molecule has 1 aromatic heterocycles. The summed E-state index contributed by atoms with van der Waals surface area (Å²) < 4.78 is 22.6. The highest BCUT2D eigenvalue weighted by Crippen LogP contribution is 2.37. The Labute approximate surface area is 144 Å². The Hall–Kier alpha value is -2.24. The van der Waals surface area contributed by atoms with Gasteiger partial charge in [0.1, 0.15) is 5.75 Å². The Kier molecular flexibility index (Phi) is 5.70. The van der Waals surface area contributed by atoms with Gasteiger partial charge in [-0.15, -0.1) is 0 Å². The molecular weight excluding hydrogens is 355 g/mol. The number of rotatable bonds is 6. The van der Waals surface area contributed by atoms with Gasteiger partial charge < -0.3 is 9.47 Å². The van der Waals surface area contributed by atoms with Crippen LogP contribution in [0, 0.1) is 17.0 Å². The number of benzene rings is 1. The van der Waals surface area contributed by atoms with Crippen LogP contribution in [0.25, 0.3) is 0 Å². The van der Waals surface area contributed by atoms with E-state index >= 15 is 0 Å². The van der Waals surface area contributed by atoms with Crippen molar-refractivity contribution in [2.24, 2.45) is 0 Å². The highest BCUT2D eigenvalue weighted by Gasteiger charge is 2.32. The standard InChI is InChI=1S/C15H15ClN2O5P/c1-4-10-6-11(18(19)20)14(24(16)21)7-12(10)23-15-13(22-3)5-9(2)8-17-15/h5-8H,4H2,1-3H3/q+1. The molecule has 0 aliphatic carbocycles. The predicted molar refractivity (Wildman–Crippen MR) is 91.2 cm³/mol. The monoisotopic (exact) mass is 369 g/mol. The lowest BCUT2D eigenvalue weighted by molar-refractivity contribution is -0.383. The summed E-state index contributed by atoms with van der Waals surface area (Å²) in [6.07, 6.45) is 2.08. The third kappa shape index (κ3) is 3.80. The number of aryl methyl sites for hydroxylation is 2. The molecule has 0 N–H and O–H groups in total. The molecule has 1 aromatic carbocycles. The first-order chi connectivity index (χ1) is 11.4. The third-order valence-electron chi connectivity index (χ3n) is 3.31. The molecule has 0 fully saturated rings. The van der Waals surface area contributed by atoms with Gasteiger partial charge in [-0.1, -0.05) is 6.92 Å². The Morgan fingerprint density at radius 2 is 2.04 bits per heavy atom. The van der Waals surface area contributed by atoms with Crippen molar-refractivity contribution in [1.29, 1.82) is 0 Å². The average molecular weight is 370 g/mol. The largest absolute Gasteiger partial charge is 0.501 e. The maximum atomic E-state index is 11.7. The summed E-state index contributed by atoms with van der Waals surface area (Å²) >= 11 is 5.61. The lowest BCUT2D eigenvalue weighted by Crippen LogP contribution is -2.07. The summed E-state index contributed by atoms with van der Waals surface area (Å²) in [5.74, 6) is 0.936. The fourth-order valence-electron chi connectivity index (χ4n) is 2.12. The number of methoxy groups -OCH3 is 1. The van der Waals surface area contributed by atoms with E-state index in [4.69, 9.17) is 20.7 Å². The number of pyridine rings is 1. The van der Waals surface area contributed by atoms with Crippen LogP contribution in [0.2, 0.25) is 0 Å². The molecule has 24 heavy (non-hydrogen) atoms. The molecule has 9 heteroatoms. The van der Waals surface area contributed by atoms with E-state index in [0.717, 1.165) is 5.56 Å². The van der Waals surface area contributed by atoms with Crippen LogP contribution in [0.3, 0.4) is 0 Å². The minimum absolute atomic E-state index is 0.0880. The van der Waals surface area contributed by atoms with Crippen molar-refractivity contribution in [1.82, 2.24) is 4.98 Å². The molecule has 0 aliphatic heterocycles. The molecule has 0 amide bonds. The zero-order valence-corrected chi connectivity index (χ0v) is 14.9. The topological polar surface area (TPSA) is 91.6 Å². The van der Waals surface area contributed by atoms with E-state index in [1.807, 2.05) is 13.8 Å². The molecule has 126 valence electrons. The minimum Gasteiger partial charge on any atom is -0.491 e. The van der Waals surface area contributed by atoms with Crippen molar-refractivity contribution >= 4 is 29.4 Å². The summed E-state index contributed by atoms with van der Waals surface area (Å²) in [4.78, 5) is 14.7. The number of ether oxygens (including phenoxy) is 2. The van der Waals surface area contributed by atoms with Crippen LogP contribution in [0.4, 0.5) is 5.69 Å². The first kappa shape index (κ1) is 18.1. The van der Waals surface area contributed by atoms with Crippen LogP contribution in [0.15, 0.2) is 24.4 Å². The average Bonchev–Trinajstić information content (AvgIpc) is 2.55. The summed E-state index contributed by atoms with van der Waals surface area (Å²) in [5.41, 5.74) is 1.17. The molecule has 7 nitrogen and oxygen atoms in total. The Morgan fingerprint density at radius 3 is 2.58 bits per heavy atom. The Balaban J connectivity index is 2.56. The molecule has 0 aliphatic rings. The summed E-state index contributed by atoms with van der Waals surface area (Å²) in [7, 11) is -0.937. The van der Waals surface area contributed by atoms with Crippen molar-refractivity contribution in [3.05, 3.63) is 45.6 Å². The van der Waals surface area contributed by atoms with Crippen molar-refractivity contribution in [3.8, 4) is 17.4 Å². The first-order valence-corrected chi connectivity index (χ1v) is 9.16. The summed E-state index contributed by atoms with van der Waals surface area (Å²) in [5, 5.41) is 11.1. The second-order valence-corrected chi connectivity index (χ2v) is 6.82. The van der Waals surface area contributed by atoms with Crippen LogP contribution >= 0.6 is 18.4 Å². The van der Waals surface area contributed by atoms with Gasteiger partial charge in [-0.05, 0) is 29.5 Å². The van der Waals surface area contributed by atoms with Crippen LogP contribution in [-0.4, -0.2) is 17.0 Å².